The van der Waals surface area contributed by atoms with Gasteiger partial charge in [0.1, 0.15) is 25.9 Å². The molecule has 0 saturated heterocycles. The van der Waals surface area contributed by atoms with Crippen LogP contribution in [0.15, 0.2) is 5.16 Å². The molecule has 0 unspecified atom stereocenters. The third kappa shape index (κ3) is 26.9. The van der Waals surface area contributed by atoms with Crippen molar-refractivity contribution in [3.8, 4) is 0 Å². The maximum Gasteiger partial charge on any atom is 0.407 e. The predicted molar refractivity (Wildman–Crippen MR) is 145 cm³/mol. The SMILES string of the molecule is COCCCO/N=C/CCCOCCNC(=O)CCCOC(COC(=O)NCCOC)COC(=O)NCCOC. The van der Waals surface area contributed by atoms with Gasteiger partial charge in [0.15, 0.2) is 0 Å². The second kappa shape index (κ2) is 29.3. The Kier molecular flexibility index (Phi) is 27.3. The van der Waals surface area contributed by atoms with Crippen molar-refractivity contribution in [3.63, 3.8) is 0 Å². The Balaban J connectivity index is 4.02. The largest absolute Gasteiger partial charge is 0.447 e. The van der Waals surface area contributed by atoms with Crippen LogP contribution in [0.2, 0.25) is 0 Å². The number of oxime groups is 1. The summed E-state index contributed by atoms with van der Waals surface area (Å²) in [7, 11) is 4.68. The molecule has 0 heterocycles. The number of methoxy groups -OCH3 is 3. The lowest BCUT2D eigenvalue weighted by Crippen LogP contribution is -2.35. The Morgan fingerprint density at radius 1 is 0.700 bits per heavy atom. The average Bonchev–Trinajstić information content (AvgIpc) is 2.94. The van der Waals surface area contributed by atoms with Crippen molar-refractivity contribution < 1.29 is 52.4 Å². The second-order valence-electron chi connectivity index (χ2n) is 8.20. The highest BCUT2D eigenvalue weighted by molar-refractivity contribution is 5.75. The first-order valence-electron chi connectivity index (χ1n) is 13.4. The van der Waals surface area contributed by atoms with E-state index >= 15 is 0 Å². The van der Waals surface area contributed by atoms with Crippen LogP contribution in [0.3, 0.4) is 0 Å². The Labute approximate surface area is 236 Å². The smallest absolute Gasteiger partial charge is 0.407 e. The molecular formula is C25H48N4O11. The molecule has 0 spiro atoms. The number of amides is 3. The Bertz CT molecular complexity index is 630. The molecule has 3 amide bonds. The van der Waals surface area contributed by atoms with E-state index in [1.807, 2.05) is 0 Å². The normalized spacial score (nSPS) is 11.0. The van der Waals surface area contributed by atoms with Gasteiger partial charge in [-0.3, -0.25) is 4.79 Å². The van der Waals surface area contributed by atoms with Crippen molar-refractivity contribution in [1.82, 2.24) is 16.0 Å². The first-order chi connectivity index (χ1) is 19.5. The van der Waals surface area contributed by atoms with Crippen LogP contribution in [0.25, 0.3) is 0 Å². The number of carbonyl (C=O) groups is 3. The van der Waals surface area contributed by atoms with Crippen molar-refractivity contribution in [2.24, 2.45) is 5.16 Å². The molecule has 0 aliphatic heterocycles. The van der Waals surface area contributed by atoms with Crippen LogP contribution in [0, 0.1) is 0 Å². The van der Waals surface area contributed by atoms with Crippen molar-refractivity contribution in [3.05, 3.63) is 0 Å². The molecule has 234 valence electrons. The van der Waals surface area contributed by atoms with Crippen molar-refractivity contribution >= 4 is 24.3 Å². The fourth-order valence-electron chi connectivity index (χ4n) is 2.73. The lowest BCUT2D eigenvalue weighted by Gasteiger charge is -2.18. The van der Waals surface area contributed by atoms with Gasteiger partial charge < -0.3 is 53.9 Å². The fraction of sp³-hybridized carbons (Fsp3) is 0.840. The van der Waals surface area contributed by atoms with E-state index in [2.05, 4.69) is 21.1 Å². The summed E-state index contributed by atoms with van der Waals surface area (Å²) in [4.78, 5) is 40.6. The highest BCUT2D eigenvalue weighted by atomic mass is 16.6. The number of unbranched alkanes of at least 4 members (excludes halogenated alkanes) is 1. The number of carbonyl (C=O) groups excluding carboxylic acids is 3. The van der Waals surface area contributed by atoms with Crippen molar-refractivity contribution in [2.45, 2.75) is 38.2 Å². The molecule has 15 heteroatoms. The summed E-state index contributed by atoms with van der Waals surface area (Å²) in [5, 5.41) is 11.7. The van der Waals surface area contributed by atoms with Gasteiger partial charge in [0.25, 0.3) is 0 Å². The van der Waals surface area contributed by atoms with Gasteiger partial charge in [-0.15, -0.1) is 0 Å². The van der Waals surface area contributed by atoms with Gasteiger partial charge in [-0.1, -0.05) is 5.16 Å². The molecule has 0 aromatic carbocycles. The monoisotopic (exact) mass is 580 g/mol. The molecule has 0 fully saturated rings. The van der Waals surface area contributed by atoms with E-state index in [1.165, 1.54) is 14.2 Å². The summed E-state index contributed by atoms with van der Waals surface area (Å²) < 4.78 is 36.0. The molecule has 0 saturated carbocycles. The molecule has 40 heavy (non-hydrogen) atoms. The predicted octanol–water partition coefficient (Wildman–Crippen LogP) is 0.849. The fourth-order valence-corrected chi connectivity index (χ4v) is 2.73. The van der Waals surface area contributed by atoms with Gasteiger partial charge in [0.2, 0.25) is 5.91 Å². The summed E-state index contributed by atoms with van der Waals surface area (Å²) in [5.74, 6) is -0.135. The quantitative estimate of drug-likeness (QED) is 0.0714. The molecule has 0 aromatic rings. The van der Waals surface area contributed by atoms with Crippen LogP contribution in [0.5, 0.6) is 0 Å². The molecule has 0 aliphatic rings. The molecule has 15 nitrogen and oxygen atoms in total. The zero-order valence-electron chi connectivity index (χ0n) is 24.1. The average molecular weight is 581 g/mol. The van der Waals surface area contributed by atoms with E-state index in [-0.39, 0.29) is 32.1 Å². The van der Waals surface area contributed by atoms with Gasteiger partial charge in [-0.05, 0) is 19.3 Å². The lowest BCUT2D eigenvalue weighted by atomic mass is 10.3. The van der Waals surface area contributed by atoms with Gasteiger partial charge in [0.05, 0.1) is 19.8 Å². The Morgan fingerprint density at radius 3 is 1.95 bits per heavy atom. The van der Waals surface area contributed by atoms with Gasteiger partial charge in [0, 0.05) is 79.8 Å². The molecule has 0 atom stereocenters. The standard InChI is InChI=1S/C25H48N4O11/c1-33-13-7-16-40-29-9-4-5-14-36-19-12-26-23(30)8-6-15-37-22(20-38-24(31)27-10-17-34-2)21-39-25(32)28-11-18-35-3/h9,22H,4-8,10-21H2,1-3H3,(H,26,30)(H,27,31)(H,28,32)/b29-9+. The topological polar surface area (TPSA) is 174 Å². The third-order valence-electron chi connectivity index (χ3n) is 4.78. The minimum atomic E-state index is -0.704. The summed E-state index contributed by atoms with van der Waals surface area (Å²) in [6.45, 7) is 3.73. The van der Waals surface area contributed by atoms with E-state index in [0.29, 0.717) is 65.7 Å². The first kappa shape index (κ1) is 37.3. The first-order valence-corrected chi connectivity index (χ1v) is 13.4. The van der Waals surface area contributed by atoms with Crippen molar-refractivity contribution in [1.29, 1.82) is 0 Å². The minimum absolute atomic E-state index is 0.135. The number of rotatable bonds is 27. The number of nitrogens with one attached hydrogen (secondary N) is 3. The van der Waals surface area contributed by atoms with Gasteiger partial charge >= 0.3 is 12.2 Å². The number of hydrogen-bond donors (Lipinski definition) is 3. The molecule has 0 aliphatic carbocycles. The number of hydrogen-bond acceptors (Lipinski definition) is 12. The zero-order valence-corrected chi connectivity index (χ0v) is 24.1. The number of nitrogens with zero attached hydrogens (tertiary/aromatic N) is 1. The van der Waals surface area contributed by atoms with Crippen LogP contribution in [-0.2, 0) is 42.8 Å². The van der Waals surface area contributed by atoms with E-state index in [0.717, 1.165) is 19.3 Å². The number of ether oxygens (including phenoxy) is 7. The highest BCUT2D eigenvalue weighted by Crippen LogP contribution is 2.00. The van der Waals surface area contributed by atoms with Gasteiger partial charge in [-0.2, -0.15) is 0 Å². The van der Waals surface area contributed by atoms with E-state index < -0.39 is 18.3 Å². The van der Waals surface area contributed by atoms with Crippen LogP contribution in [0.1, 0.15) is 32.1 Å². The summed E-state index contributed by atoms with van der Waals surface area (Å²) in [5.41, 5.74) is 0. The zero-order chi connectivity index (χ0) is 29.5. The van der Waals surface area contributed by atoms with E-state index in [4.69, 9.17) is 38.0 Å². The summed E-state index contributed by atoms with van der Waals surface area (Å²) in [6.07, 6.45) is 2.72. The van der Waals surface area contributed by atoms with E-state index in [9.17, 15) is 14.4 Å². The van der Waals surface area contributed by atoms with Crippen LogP contribution < -0.4 is 16.0 Å². The summed E-state index contributed by atoms with van der Waals surface area (Å²) in [6, 6.07) is 0. The van der Waals surface area contributed by atoms with Crippen LogP contribution in [0.4, 0.5) is 9.59 Å². The maximum absolute atomic E-state index is 12.0. The lowest BCUT2D eigenvalue weighted by molar-refractivity contribution is -0.121. The molecular weight excluding hydrogens is 532 g/mol. The molecule has 0 bridgehead atoms. The molecule has 0 aromatic heterocycles. The maximum atomic E-state index is 12.0. The second-order valence-corrected chi connectivity index (χ2v) is 8.20. The third-order valence-corrected chi connectivity index (χ3v) is 4.78. The Morgan fingerprint density at radius 2 is 1.32 bits per heavy atom. The molecule has 0 radical (unpaired) electrons. The molecule has 0 rings (SSSR count). The van der Waals surface area contributed by atoms with Crippen LogP contribution in [-0.4, -0.2) is 131 Å². The van der Waals surface area contributed by atoms with Crippen LogP contribution >= 0.6 is 0 Å². The van der Waals surface area contributed by atoms with E-state index in [1.54, 1.807) is 13.3 Å². The Hall–Kier alpha value is -2.72. The highest BCUT2D eigenvalue weighted by Gasteiger charge is 2.16. The summed E-state index contributed by atoms with van der Waals surface area (Å²) >= 11 is 0. The van der Waals surface area contributed by atoms with Crippen molar-refractivity contribution in [2.75, 3.05) is 100 Å². The van der Waals surface area contributed by atoms with Gasteiger partial charge in [-0.25, -0.2) is 9.59 Å². The molecule has 3 N–H and O–H groups in total. The number of alkyl carbamates (subject to hydrolysis) is 2. The minimum Gasteiger partial charge on any atom is -0.447 e.